The van der Waals surface area contributed by atoms with Gasteiger partial charge in [-0.25, -0.2) is 9.78 Å². The molecule has 0 aromatic carbocycles. The lowest BCUT2D eigenvalue weighted by atomic mass is 10.0. The SMILES string of the molecule is O=C(O)c1cc(Cl)nc(NCC2(O)CCOC2)c1. The van der Waals surface area contributed by atoms with Crippen molar-refractivity contribution in [2.45, 2.75) is 12.0 Å². The first-order valence-electron chi connectivity index (χ1n) is 5.43. The van der Waals surface area contributed by atoms with Crippen LogP contribution in [0.3, 0.4) is 0 Å². The first-order valence-corrected chi connectivity index (χ1v) is 5.81. The van der Waals surface area contributed by atoms with Crippen LogP contribution in [0.1, 0.15) is 16.8 Å². The lowest BCUT2D eigenvalue weighted by molar-refractivity contribution is 0.0381. The molecule has 0 amide bonds. The number of rotatable bonds is 4. The van der Waals surface area contributed by atoms with Crippen molar-refractivity contribution in [2.24, 2.45) is 0 Å². The predicted molar refractivity (Wildman–Crippen MR) is 65.1 cm³/mol. The van der Waals surface area contributed by atoms with Crippen LogP contribution < -0.4 is 5.32 Å². The van der Waals surface area contributed by atoms with E-state index in [9.17, 15) is 9.90 Å². The van der Waals surface area contributed by atoms with Crippen LogP contribution in [-0.2, 0) is 4.74 Å². The highest BCUT2D eigenvalue weighted by Crippen LogP contribution is 2.20. The van der Waals surface area contributed by atoms with Crippen LogP contribution in [0.15, 0.2) is 12.1 Å². The van der Waals surface area contributed by atoms with Gasteiger partial charge in [0.15, 0.2) is 0 Å². The Bertz CT molecular complexity index is 460. The number of carboxylic acids is 1. The van der Waals surface area contributed by atoms with Gasteiger partial charge in [-0.2, -0.15) is 0 Å². The summed E-state index contributed by atoms with van der Waals surface area (Å²) in [5, 5.41) is 21.9. The summed E-state index contributed by atoms with van der Waals surface area (Å²) in [6, 6.07) is 2.63. The van der Waals surface area contributed by atoms with Crippen LogP contribution in [0.25, 0.3) is 0 Å². The minimum Gasteiger partial charge on any atom is -0.478 e. The second-order valence-electron chi connectivity index (χ2n) is 4.25. The van der Waals surface area contributed by atoms with Gasteiger partial charge in [0, 0.05) is 19.6 Å². The third kappa shape index (κ3) is 3.10. The van der Waals surface area contributed by atoms with E-state index in [0.717, 1.165) is 0 Å². The average molecular weight is 273 g/mol. The number of hydrogen-bond acceptors (Lipinski definition) is 5. The number of pyridine rings is 1. The van der Waals surface area contributed by atoms with Gasteiger partial charge in [-0.1, -0.05) is 11.6 Å². The summed E-state index contributed by atoms with van der Waals surface area (Å²) < 4.78 is 5.10. The molecule has 0 spiro atoms. The standard InChI is InChI=1S/C11H13ClN2O4/c12-8-3-7(10(15)16)4-9(14-8)13-5-11(17)1-2-18-6-11/h3-4,17H,1-2,5-6H2,(H,13,14)(H,15,16). The number of anilines is 1. The van der Waals surface area contributed by atoms with Gasteiger partial charge in [-0.3, -0.25) is 0 Å². The van der Waals surface area contributed by atoms with Gasteiger partial charge in [0.05, 0.1) is 12.2 Å². The summed E-state index contributed by atoms with van der Waals surface area (Å²) >= 11 is 5.72. The second kappa shape index (κ2) is 5.09. The number of aliphatic hydroxyl groups is 1. The molecule has 2 heterocycles. The van der Waals surface area contributed by atoms with E-state index < -0.39 is 11.6 Å². The Hall–Kier alpha value is -1.37. The van der Waals surface area contributed by atoms with Crippen molar-refractivity contribution in [3.63, 3.8) is 0 Å². The molecule has 0 saturated carbocycles. The summed E-state index contributed by atoms with van der Waals surface area (Å²) in [5.41, 5.74) is -0.889. The van der Waals surface area contributed by atoms with E-state index in [-0.39, 0.29) is 23.9 Å². The number of nitrogens with zero attached hydrogens (tertiary/aromatic N) is 1. The number of carboxylic acid groups (broad SMARTS) is 1. The summed E-state index contributed by atoms with van der Waals surface area (Å²) in [6.07, 6.45) is 0.534. The van der Waals surface area contributed by atoms with Gasteiger partial charge in [-0.05, 0) is 12.1 Å². The Morgan fingerprint density at radius 1 is 1.61 bits per heavy atom. The fraction of sp³-hybridized carbons (Fsp3) is 0.455. The van der Waals surface area contributed by atoms with E-state index in [1.807, 2.05) is 0 Å². The van der Waals surface area contributed by atoms with E-state index in [1.54, 1.807) is 0 Å². The predicted octanol–water partition coefficient (Wildman–Crippen LogP) is 0.996. The summed E-state index contributed by atoms with van der Waals surface area (Å²) in [6.45, 7) is 1.01. The second-order valence-corrected chi connectivity index (χ2v) is 4.64. The van der Waals surface area contributed by atoms with E-state index in [0.29, 0.717) is 18.8 Å². The van der Waals surface area contributed by atoms with Crippen LogP contribution in [0.5, 0.6) is 0 Å². The molecule has 1 fully saturated rings. The first kappa shape index (κ1) is 13.1. The molecule has 1 unspecified atom stereocenters. The normalized spacial score (nSPS) is 23.0. The zero-order chi connectivity index (χ0) is 13.2. The lowest BCUT2D eigenvalue weighted by Gasteiger charge is -2.21. The van der Waals surface area contributed by atoms with Gasteiger partial charge in [0.2, 0.25) is 0 Å². The Morgan fingerprint density at radius 3 is 3.00 bits per heavy atom. The molecule has 98 valence electrons. The molecule has 6 nitrogen and oxygen atoms in total. The molecule has 2 rings (SSSR count). The number of nitrogens with one attached hydrogen (secondary N) is 1. The van der Waals surface area contributed by atoms with E-state index in [4.69, 9.17) is 21.4 Å². The largest absolute Gasteiger partial charge is 0.478 e. The molecular weight excluding hydrogens is 260 g/mol. The quantitative estimate of drug-likeness (QED) is 0.708. The fourth-order valence-electron chi connectivity index (χ4n) is 1.70. The van der Waals surface area contributed by atoms with Gasteiger partial charge in [0.1, 0.15) is 16.6 Å². The maximum atomic E-state index is 10.8. The van der Waals surface area contributed by atoms with E-state index >= 15 is 0 Å². The number of carbonyl (C=O) groups is 1. The first-order chi connectivity index (χ1) is 8.48. The fourth-order valence-corrected chi connectivity index (χ4v) is 1.91. The molecule has 0 aliphatic carbocycles. The minimum absolute atomic E-state index is 0.0483. The van der Waals surface area contributed by atoms with Gasteiger partial charge >= 0.3 is 5.97 Å². The van der Waals surface area contributed by atoms with Crippen LogP contribution in [0.4, 0.5) is 5.82 Å². The molecule has 18 heavy (non-hydrogen) atoms. The van der Waals surface area contributed by atoms with Gasteiger partial charge in [0.25, 0.3) is 0 Å². The van der Waals surface area contributed by atoms with Gasteiger partial charge in [-0.15, -0.1) is 0 Å². The van der Waals surface area contributed by atoms with Gasteiger partial charge < -0.3 is 20.3 Å². The summed E-state index contributed by atoms with van der Waals surface area (Å²) in [5.74, 6) is -0.759. The molecule has 0 radical (unpaired) electrons. The molecular formula is C11H13ClN2O4. The van der Waals surface area contributed by atoms with Crippen LogP contribution in [0, 0.1) is 0 Å². The highest BCUT2D eigenvalue weighted by Gasteiger charge is 2.32. The molecule has 0 bridgehead atoms. The maximum absolute atomic E-state index is 10.8. The number of aromatic nitrogens is 1. The number of halogens is 1. The molecule has 1 atom stereocenters. The molecule has 1 aliphatic rings. The Morgan fingerprint density at radius 2 is 2.39 bits per heavy atom. The molecule has 1 aliphatic heterocycles. The monoisotopic (exact) mass is 272 g/mol. The smallest absolute Gasteiger partial charge is 0.335 e. The molecule has 3 N–H and O–H groups in total. The molecule has 1 aromatic rings. The average Bonchev–Trinajstić information content (AvgIpc) is 2.73. The molecule has 1 aromatic heterocycles. The van der Waals surface area contributed by atoms with Crippen molar-refractivity contribution in [2.75, 3.05) is 25.1 Å². The van der Waals surface area contributed by atoms with Crippen LogP contribution in [-0.4, -0.2) is 46.5 Å². The van der Waals surface area contributed by atoms with Crippen molar-refractivity contribution in [1.29, 1.82) is 0 Å². The van der Waals surface area contributed by atoms with Crippen molar-refractivity contribution in [3.05, 3.63) is 22.8 Å². The topological polar surface area (TPSA) is 91.7 Å². The highest BCUT2D eigenvalue weighted by molar-refractivity contribution is 6.29. The molecule has 7 heteroatoms. The third-order valence-electron chi connectivity index (χ3n) is 2.72. The Balaban J connectivity index is 2.07. The highest BCUT2D eigenvalue weighted by atomic mass is 35.5. The minimum atomic E-state index is -1.08. The zero-order valence-corrected chi connectivity index (χ0v) is 10.3. The molecule has 1 saturated heterocycles. The third-order valence-corrected chi connectivity index (χ3v) is 2.92. The zero-order valence-electron chi connectivity index (χ0n) is 9.52. The van der Waals surface area contributed by atoms with E-state index in [1.165, 1.54) is 12.1 Å². The van der Waals surface area contributed by atoms with Crippen molar-refractivity contribution in [3.8, 4) is 0 Å². The van der Waals surface area contributed by atoms with Crippen molar-refractivity contribution < 1.29 is 19.7 Å². The number of ether oxygens (including phenoxy) is 1. The summed E-state index contributed by atoms with van der Waals surface area (Å²) in [4.78, 5) is 14.8. The Kier molecular flexibility index (Phi) is 3.70. The van der Waals surface area contributed by atoms with Crippen LogP contribution >= 0.6 is 11.6 Å². The Labute approximate surface area is 109 Å². The maximum Gasteiger partial charge on any atom is 0.335 e. The van der Waals surface area contributed by atoms with Crippen molar-refractivity contribution >= 4 is 23.4 Å². The summed E-state index contributed by atoms with van der Waals surface area (Å²) in [7, 11) is 0. The lowest BCUT2D eigenvalue weighted by Crippen LogP contribution is -2.37. The van der Waals surface area contributed by atoms with E-state index in [2.05, 4.69) is 10.3 Å². The van der Waals surface area contributed by atoms with Crippen molar-refractivity contribution in [1.82, 2.24) is 4.98 Å². The number of hydrogen-bond donors (Lipinski definition) is 3. The number of aromatic carboxylic acids is 1. The van der Waals surface area contributed by atoms with Crippen LogP contribution in [0.2, 0.25) is 5.15 Å².